The Kier molecular flexibility index (Phi) is 4.63. The van der Waals surface area contributed by atoms with Crippen LogP contribution in [0.4, 0.5) is 5.69 Å². The van der Waals surface area contributed by atoms with Gasteiger partial charge in [-0.1, -0.05) is 28.9 Å². The number of hydrogen-bond donors (Lipinski definition) is 1. The maximum Gasteiger partial charge on any atom is 0.227 e. The fraction of sp³-hybridized carbons (Fsp3) is 0.200. The van der Waals surface area contributed by atoms with E-state index in [-0.39, 0.29) is 18.4 Å². The highest BCUT2D eigenvalue weighted by Gasteiger charge is 2.29. The maximum absolute atomic E-state index is 11.7. The number of nitrogens with zero attached hydrogens (tertiary/aromatic N) is 1. The van der Waals surface area contributed by atoms with Gasteiger partial charge in [-0.3, -0.25) is 4.79 Å². The topological polar surface area (TPSA) is 64.4 Å². The molecule has 0 bridgehead atoms. The third-order valence-electron chi connectivity index (χ3n) is 4.15. The van der Waals surface area contributed by atoms with Gasteiger partial charge in [0, 0.05) is 28.3 Å². The van der Waals surface area contributed by atoms with Crippen molar-refractivity contribution in [2.75, 3.05) is 5.32 Å². The summed E-state index contributed by atoms with van der Waals surface area (Å²) < 4.78 is 11.0. The third-order valence-corrected chi connectivity index (χ3v) is 4.40. The van der Waals surface area contributed by atoms with Gasteiger partial charge in [-0.25, -0.2) is 0 Å². The third kappa shape index (κ3) is 4.06. The van der Waals surface area contributed by atoms with E-state index in [0.29, 0.717) is 16.5 Å². The van der Waals surface area contributed by atoms with Crippen molar-refractivity contribution in [3.63, 3.8) is 0 Å². The fourth-order valence-electron chi connectivity index (χ4n) is 2.52. The second kappa shape index (κ2) is 7.22. The van der Waals surface area contributed by atoms with E-state index in [2.05, 4.69) is 10.5 Å². The van der Waals surface area contributed by atoms with Gasteiger partial charge in [0.2, 0.25) is 5.91 Å². The second-order valence-corrected chi connectivity index (χ2v) is 6.70. The lowest BCUT2D eigenvalue weighted by atomic mass is 10.1. The highest BCUT2D eigenvalue weighted by molar-refractivity contribution is 6.30. The van der Waals surface area contributed by atoms with Crippen molar-refractivity contribution in [3.8, 4) is 17.0 Å². The molecule has 5 nitrogen and oxygen atoms in total. The molecule has 1 heterocycles. The lowest BCUT2D eigenvalue weighted by Crippen LogP contribution is -2.13. The molecule has 1 aliphatic rings. The molecular weight excluding hydrogens is 352 g/mol. The van der Waals surface area contributed by atoms with Crippen LogP contribution in [-0.2, 0) is 11.4 Å². The molecule has 0 spiro atoms. The van der Waals surface area contributed by atoms with E-state index in [9.17, 15) is 4.79 Å². The molecule has 1 fully saturated rings. The summed E-state index contributed by atoms with van der Waals surface area (Å²) in [6, 6.07) is 16.5. The zero-order valence-electron chi connectivity index (χ0n) is 13.9. The molecule has 1 aliphatic carbocycles. The first kappa shape index (κ1) is 16.7. The van der Waals surface area contributed by atoms with Crippen LogP contribution in [-0.4, -0.2) is 11.1 Å². The van der Waals surface area contributed by atoms with Crippen LogP contribution in [0.25, 0.3) is 11.3 Å². The van der Waals surface area contributed by atoms with Crippen molar-refractivity contribution in [2.45, 2.75) is 19.4 Å². The van der Waals surface area contributed by atoms with Crippen LogP contribution in [0.2, 0.25) is 5.02 Å². The summed E-state index contributed by atoms with van der Waals surface area (Å²) in [5.41, 5.74) is 2.44. The molecule has 6 heteroatoms. The zero-order chi connectivity index (χ0) is 17.9. The van der Waals surface area contributed by atoms with Crippen molar-refractivity contribution in [1.82, 2.24) is 5.16 Å². The minimum atomic E-state index is 0.0926. The molecule has 1 N–H and O–H groups in total. The number of ether oxygens (including phenoxy) is 1. The second-order valence-electron chi connectivity index (χ2n) is 6.26. The van der Waals surface area contributed by atoms with E-state index in [4.69, 9.17) is 20.9 Å². The van der Waals surface area contributed by atoms with E-state index < -0.39 is 0 Å². The van der Waals surface area contributed by atoms with E-state index in [1.54, 1.807) is 0 Å². The first-order chi connectivity index (χ1) is 12.7. The lowest BCUT2D eigenvalue weighted by Gasteiger charge is -2.06. The highest BCUT2D eigenvalue weighted by Crippen LogP contribution is 2.30. The molecule has 4 rings (SSSR count). The SMILES string of the molecule is O=C(Nc1ccc(OCc2cc(-c3ccc(Cl)cc3)no2)cc1)C1CC1. The van der Waals surface area contributed by atoms with Crippen molar-refractivity contribution >= 4 is 23.2 Å². The van der Waals surface area contributed by atoms with E-state index in [1.165, 1.54) is 0 Å². The number of hydrogen-bond acceptors (Lipinski definition) is 4. The van der Waals surface area contributed by atoms with Crippen LogP contribution in [0.3, 0.4) is 0 Å². The first-order valence-electron chi connectivity index (χ1n) is 8.43. The molecule has 0 radical (unpaired) electrons. The van der Waals surface area contributed by atoms with Gasteiger partial charge in [0.25, 0.3) is 0 Å². The number of anilines is 1. The Labute approximate surface area is 155 Å². The van der Waals surface area contributed by atoms with Gasteiger partial charge in [0.15, 0.2) is 5.76 Å². The molecule has 1 aromatic heterocycles. The molecule has 1 amide bonds. The van der Waals surface area contributed by atoms with Gasteiger partial charge in [-0.05, 0) is 49.2 Å². The minimum absolute atomic E-state index is 0.0926. The van der Waals surface area contributed by atoms with E-state index in [1.807, 2.05) is 54.6 Å². The number of carbonyl (C=O) groups excluding carboxylic acids is 1. The number of benzene rings is 2. The van der Waals surface area contributed by atoms with Crippen molar-refractivity contribution < 1.29 is 14.1 Å². The van der Waals surface area contributed by atoms with Gasteiger partial charge in [-0.2, -0.15) is 0 Å². The number of nitrogens with one attached hydrogen (secondary N) is 1. The Morgan fingerprint density at radius 1 is 1.15 bits per heavy atom. The molecule has 2 aromatic carbocycles. The van der Waals surface area contributed by atoms with Crippen LogP contribution in [0.1, 0.15) is 18.6 Å². The predicted octanol–water partition coefficient (Wildman–Crippen LogP) is 4.92. The molecule has 0 atom stereocenters. The van der Waals surface area contributed by atoms with Crippen LogP contribution in [0, 0.1) is 5.92 Å². The summed E-state index contributed by atoms with van der Waals surface area (Å²) in [5, 5.41) is 7.63. The minimum Gasteiger partial charge on any atom is -0.486 e. The smallest absolute Gasteiger partial charge is 0.227 e. The van der Waals surface area contributed by atoms with Crippen LogP contribution in [0.5, 0.6) is 5.75 Å². The normalized spacial score (nSPS) is 13.4. The van der Waals surface area contributed by atoms with Crippen LogP contribution < -0.4 is 10.1 Å². The Hall–Kier alpha value is -2.79. The van der Waals surface area contributed by atoms with Crippen LogP contribution in [0.15, 0.2) is 59.1 Å². The van der Waals surface area contributed by atoms with Gasteiger partial charge < -0.3 is 14.6 Å². The monoisotopic (exact) mass is 368 g/mol. The number of carbonyl (C=O) groups is 1. The summed E-state index contributed by atoms with van der Waals surface area (Å²) in [5.74, 6) is 1.60. The molecular formula is C20H17ClN2O3. The van der Waals surface area contributed by atoms with Gasteiger partial charge >= 0.3 is 0 Å². The zero-order valence-corrected chi connectivity index (χ0v) is 14.7. The maximum atomic E-state index is 11.7. The summed E-state index contributed by atoms with van der Waals surface area (Å²) in [7, 11) is 0. The molecule has 132 valence electrons. The molecule has 3 aromatic rings. The Bertz CT molecular complexity index is 900. The Morgan fingerprint density at radius 2 is 1.88 bits per heavy atom. The van der Waals surface area contributed by atoms with Gasteiger partial charge in [-0.15, -0.1) is 0 Å². The molecule has 0 aliphatic heterocycles. The molecule has 0 saturated heterocycles. The number of aromatic nitrogens is 1. The van der Waals surface area contributed by atoms with Crippen molar-refractivity contribution in [1.29, 1.82) is 0 Å². The van der Waals surface area contributed by atoms with E-state index >= 15 is 0 Å². The largest absolute Gasteiger partial charge is 0.486 e. The number of rotatable bonds is 6. The predicted molar refractivity (Wildman–Crippen MR) is 99.1 cm³/mol. The number of amides is 1. The first-order valence-corrected chi connectivity index (χ1v) is 8.80. The van der Waals surface area contributed by atoms with Gasteiger partial charge in [0.05, 0.1) is 0 Å². The molecule has 0 unspecified atom stereocenters. The lowest BCUT2D eigenvalue weighted by molar-refractivity contribution is -0.117. The summed E-state index contributed by atoms with van der Waals surface area (Å²) in [6.45, 7) is 0.272. The Morgan fingerprint density at radius 3 is 2.58 bits per heavy atom. The Balaban J connectivity index is 1.33. The summed E-state index contributed by atoms with van der Waals surface area (Å²) >= 11 is 5.89. The molecule has 1 saturated carbocycles. The van der Waals surface area contributed by atoms with Crippen molar-refractivity contribution in [2.24, 2.45) is 5.92 Å². The standard InChI is InChI=1S/C20H17ClN2O3/c21-15-5-3-13(4-6-15)19-11-18(26-23-19)12-25-17-9-7-16(8-10-17)22-20(24)14-1-2-14/h3-11,14H,1-2,12H2,(H,22,24). The fourth-order valence-corrected chi connectivity index (χ4v) is 2.64. The molecule has 26 heavy (non-hydrogen) atoms. The average molecular weight is 369 g/mol. The summed E-state index contributed by atoms with van der Waals surface area (Å²) in [4.78, 5) is 11.7. The number of halogens is 1. The quantitative estimate of drug-likeness (QED) is 0.670. The highest BCUT2D eigenvalue weighted by atomic mass is 35.5. The van der Waals surface area contributed by atoms with Crippen LogP contribution >= 0.6 is 11.6 Å². The van der Waals surface area contributed by atoms with E-state index in [0.717, 1.165) is 29.8 Å². The average Bonchev–Trinajstić information content (AvgIpc) is 3.41. The summed E-state index contributed by atoms with van der Waals surface area (Å²) in [6.07, 6.45) is 1.98. The van der Waals surface area contributed by atoms with Crippen molar-refractivity contribution in [3.05, 3.63) is 65.4 Å². The van der Waals surface area contributed by atoms with Gasteiger partial charge in [0.1, 0.15) is 18.1 Å².